The van der Waals surface area contributed by atoms with Crippen molar-refractivity contribution < 1.29 is 9.72 Å². The Morgan fingerprint density at radius 3 is 2.76 bits per heavy atom. The number of nitro benzene ring substituents is 1. The number of nitrogens with zero attached hydrogens (tertiary/aromatic N) is 2. The summed E-state index contributed by atoms with van der Waals surface area (Å²) < 4.78 is 0. The average Bonchev–Trinajstić information content (AvgIpc) is 2.58. The maximum Gasteiger partial charge on any atom is 0.269 e. The maximum atomic E-state index is 12.2. The predicted molar refractivity (Wildman–Crippen MR) is 97.7 cm³/mol. The Balaban J connectivity index is 2.65. The zero-order valence-electron chi connectivity index (χ0n) is 14.3. The van der Waals surface area contributed by atoms with Gasteiger partial charge in [0.15, 0.2) is 5.78 Å². The normalized spacial score (nSPS) is 17.1. The minimum absolute atomic E-state index is 0.0587. The van der Waals surface area contributed by atoms with Crippen LogP contribution in [0.1, 0.15) is 38.7 Å². The Bertz CT molecular complexity index is 821. The van der Waals surface area contributed by atoms with Gasteiger partial charge < -0.3 is 5.32 Å². The van der Waals surface area contributed by atoms with Crippen molar-refractivity contribution in [2.75, 3.05) is 5.75 Å². The van der Waals surface area contributed by atoms with E-state index in [1.54, 1.807) is 19.1 Å². The van der Waals surface area contributed by atoms with E-state index in [0.29, 0.717) is 27.4 Å². The van der Waals surface area contributed by atoms with Crippen molar-refractivity contribution in [2.24, 2.45) is 0 Å². The van der Waals surface area contributed by atoms with Gasteiger partial charge in [-0.3, -0.25) is 14.9 Å². The molecule has 1 heterocycles. The van der Waals surface area contributed by atoms with Crippen molar-refractivity contribution in [2.45, 2.75) is 33.1 Å². The van der Waals surface area contributed by atoms with E-state index >= 15 is 0 Å². The van der Waals surface area contributed by atoms with Gasteiger partial charge in [-0.2, -0.15) is 5.26 Å². The van der Waals surface area contributed by atoms with Crippen molar-refractivity contribution in [3.05, 3.63) is 61.8 Å². The van der Waals surface area contributed by atoms with E-state index < -0.39 is 10.8 Å². The molecule has 7 heteroatoms. The Morgan fingerprint density at radius 2 is 2.20 bits per heavy atom. The lowest BCUT2D eigenvalue weighted by Gasteiger charge is -2.29. The van der Waals surface area contributed by atoms with Gasteiger partial charge in [-0.1, -0.05) is 19.1 Å². The van der Waals surface area contributed by atoms with Crippen LogP contribution in [0.2, 0.25) is 0 Å². The number of allylic oxidation sites excluding steroid dienone is 3. The molecule has 1 aromatic rings. The van der Waals surface area contributed by atoms with E-state index in [1.165, 1.54) is 30.8 Å². The molecule has 0 aromatic heterocycles. The summed E-state index contributed by atoms with van der Waals surface area (Å²) in [6.07, 6.45) is 0.943. The number of nitrogens with one attached hydrogen (secondary N) is 1. The minimum atomic E-state index is -0.594. The van der Waals surface area contributed by atoms with Gasteiger partial charge in [0.1, 0.15) is 0 Å². The zero-order valence-corrected chi connectivity index (χ0v) is 15.1. The second kappa shape index (κ2) is 7.99. The Labute approximate surface area is 150 Å². The number of dihydropyridines is 1. The molecule has 0 amide bonds. The van der Waals surface area contributed by atoms with Crippen LogP contribution in [0, 0.1) is 21.4 Å². The number of ketones is 1. The first-order chi connectivity index (χ1) is 11.9. The summed E-state index contributed by atoms with van der Waals surface area (Å²) in [5.41, 5.74) is 2.09. The number of Topliss-reactive ketones (excluding diaryl/α,β-unsaturated/α-hetero) is 1. The molecule has 2 rings (SSSR count). The molecule has 0 aliphatic carbocycles. The topological polar surface area (TPSA) is 96.0 Å². The van der Waals surface area contributed by atoms with Crippen molar-refractivity contribution in [3.8, 4) is 6.07 Å². The molecule has 1 aliphatic heterocycles. The summed E-state index contributed by atoms with van der Waals surface area (Å²) in [5, 5.41) is 24.7. The highest BCUT2D eigenvalue weighted by Gasteiger charge is 2.33. The summed E-state index contributed by atoms with van der Waals surface area (Å²) >= 11 is 1.52. The maximum absolute atomic E-state index is 12.2. The van der Waals surface area contributed by atoms with Gasteiger partial charge in [0.25, 0.3) is 5.69 Å². The van der Waals surface area contributed by atoms with E-state index in [-0.39, 0.29) is 11.5 Å². The second-order valence-corrected chi connectivity index (χ2v) is 6.81. The van der Waals surface area contributed by atoms with E-state index in [0.717, 1.165) is 12.2 Å². The number of nitriles is 1. The monoisotopic (exact) mass is 357 g/mol. The Hall–Kier alpha value is -2.59. The van der Waals surface area contributed by atoms with Gasteiger partial charge in [-0.05, 0) is 31.6 Å². The standard InChI is InChI=1S/C18H19N3O3S/c1-4-8-25-18-15(10-19)17(16(12(3)22)11(2)20-18)13-6-5-7-14(9-13)21(23)24/h5-7,9,17,20H,4,8H2,1-3H3/t17-/m0/s1. The molecule has 1 atom stereocenters. The summed E-state index contributed by atoms with van der Waals surface area (Å²) in [4.78, 5) is 22.9. The van der Waals surface area contributed by atoms with Crippen LogP contribution in [-0.4, -0.2) is 16.5 Å². The number of benzene rings is 1. The minimum Gasteiger partial charge on any atom is -0.353 e. The van der Waals surface area contributed by atoms with Crippen LogP contribution in [0.15, 0.2) is 46.1 Å². The van der Waals surface area contributed by atoms with Crippen molar-refractivity contribution in [1.29, 1.82) is 5.26 Å². The SMILES string of the molecule is CCCSC1=C(C#N)[C@H](c2cccc([N+](=O)[O-])c2)C(C(C)=O)=C(C)N1. The summed E-state index contributed by atoms with van der Waals surface area (Å²) in [6, 6.07) is 8.34. The molecule has 1 aromatic carbocycles. The first-order valence-electron chi connectivity index (χ1n) is 7.90. The molecule has 0 saturated carbocycles. The van der Waals surface area contributed by atoms with E-state index in [9.17, 15) is 20.2 Å². The molecular formula is C18H19N3O3S. The lowest BCUT2D eigenvalue weighted by atomic mass is 9.81. The number of rotatable bonds is 6. The molecule has 6 nitrogen and oxygen atoms in total. The van der Waals surface area contributed by atoms with Crippen LogP contribution in [0.3, 0.4) is 0 Å². The molecular weight excluding hydrogens is 338 g/mol. The van der Waals surface area contributed by atoms with Gasteiger partial charge in [-0.25, -0.2) is 0 Å². The molecule has 0 spiro atoms. The molecule has 0 radical (unpaired) electrons. The number of hydrogen-bond acceptors (Lipinski definition) is 6. The first kappa shape index (κ1) is 18.7. The Morgan fingerprint density at radius 1 is 1.48 bits per heavy atom. The number of carbonyl (C=O) groups excluding carboxylic acids is 1. The smallest absolute Gasteiger partial charge is 0.269 e. The third-order valence-electron chi connectivity index (χ3n) is 3.89. The van der Waals surface area contributed by atoms with Crippen LogP contribution in [0.25, 0.3) is 0 Å². The van der Waals surface area contributed by atoms with Crippen LogP contribution in [0.4, 0.5) is 5.69 Å². The van der Waals surface area contributed by atoms with Crippen LogP contribution >= 0.6 is 11.8 Å². The van der Waals surface area contributed by atoms with Crippen LogP contribution in [0.5, 0.6) is 0 Å². The van der Waals surface area contributed by atoms with Gasteiger partial charge in [-0.15, -0.1) is 11.8 Å². The van der Waals surface area contributed by atoms with Gasteiger partial charge in [0.05, 0.1) is 27.5 Å². The molecule has 130 valence electrons. The molecule has 0 saturated heterocycles. The van der Waals surface area contributed by atoms with Crippen LogP contribution in [-0.2, 0) is 4.79 Å². The average molecular weight is 357 g/mol. The fraction of sp³-hybridized carbons (Fsp3) is 0.333. The molecule has 0 unspecified atom stereocenters. The molecule has 1 N–H and O–H groups in total. The highest BCUT2D eigenvalue weighted by atomic mass is 32.2. The van der Waals surface area contributed by atoms with Crippen molar-refractivity contribution in [1.82, 2.24) is 5.32 Å². The number of thioether (sulfide) groups is 1. The second-order valence-electron chi connectivity index (χ2n) is 5.71. The molecule has 0 fully saturated rings. The van der Waals surface area contributed by atoms with E-state index in [4.69, 9.17) is 0 Å². The van der Waals surface area contributed by atoms with Crippen molar-refractivity contribution in [3.63, 3.8) is 0 Å². The fourth-order valence-corrected chi connectivity index (χ4v) is 3.80. The number of carbonyl (C=O) groups is 1. The first-order valence-corrected chi connectivity index (χ1v) is 8.89. The summed E-state index contributed by atoms with van der Waals surface area (Å²) in [5.74, 6) is 0.0782. The molecule has 0 bridgehead atoms. The summed E-state index contributed by atoms with van der Waals surface area (Å²) in [7, 11) is 0. The van der Waals surface area contributed by atoms with Crippen molar-refractivity contribution >= 4 is 23.2 Å². The lowest BCUT2D eigenvalue weighted by molar-refractivity contribution is -0.384. The third kappa shape index (κ3) is 3.91. The van der Waals surface area contributed by atoms with Crippen LogP contribution < -0.4 is 5.32 Å². The fourth-order valence-electron chi connectivity index (χ4n) is 2.85. The quantitative estimate of drug-likeness (QED) is 0.610. The summed E-state index contributed by atoms with van der Waals surface area (Å²) in [6.45, 7) is 5.29. The van der Waals surface area contributed by atoms with Gasteiger partial charge in [0.2, 0.25) is 0 Å². The highest BCUT2D eigenvalue weighted by molar-refractivity contribution is 8.03. The predicted octanol–water partition coefficient (Wildman–Crippen LogP) is 4.02. The Kier molecular flexibility index (Phi) is 5.99. The van der Waals surface area contributed by atoms with E-state index in [1.807, 2.05) is 6.92 Å². The lowest BCUT2D eigenvalue weighted by Crippen LogP contribution is -2.27. The highest BCUT2D eigenvalue weighted by Crippen LogP contribution is 2.41. The molecule has 1 aliphatic rings. The molecule has 25 heavy (non-hydrogen) atoms. The number of hydrogen-bond donors (Lipinski definition) is 1. The number of non-ortho nitro benzene ring substituents is 1. The van der Waals surface area contributed by atoms with E-state index in [2.05, 4.69) is 11.4 Å². The zero-order chi connectivity index (χ0) is 18.6. The number of nitro groups is 1. The largest absolute Gasteiger partial charge is 0.353 e. The van der Waals surface area contributed by atoms with Gasteiger partial charge >= 0.3 is 0 Å². The van der Waals surface area contributed by atoms with Gasteiger partial charge in [0, 0.05) is 23.4 Å². The third-order valence-corrected chi connectivity index (χ3v) is 5.11.